The van der Waals surface area contributed by atoms with Crippen LogP contribution < -0.4 is 4.90 Å². The van der Waals surface area contributed by atoms with E-state index in [-0.39, 0.29) is 6.61 Å². The van der Waals surface area contributed by atoms with Crippen LogP contribution in [0, 0.1) is 5.92 Å². The van der Waals surface area contributed by atoms with Gasteiger partial charge in [-0.05, 0) is 12.0 Å². The van der Waals surface area contributed by atoms with Crippen molar-refractivity contribution in [1.82, 2.24) is 4.98 Å². The minimum atomic E-state index is -0.0501. The summed E-state index contributed by atoms with van der Waals surface area (Å²) < 4.78 is 0. The van der Waals surface area contributed by atoms with Crippen molar-refractivity contribution < 1.29 is 5.11 Å². The molecule has 3 nitrogen and oxygen atoms in total. The summed E-state index contributed by atoms with van der Waals surface area (Å²) in [5.74, 6) is 1.48. The van der Waals surface area contributed by atoms with E-state index in [2.05, 4.69) is 23.7 Å². The topological polar surface area (TPSA) is 36.4 Å². The fourth-order valence-electron chi connectivity index (χ4n) is 1.49. The summed E-state index contributed by atoms with van der Waals surface area (Å²) in [5, 5.41) is 9.64. The molecule has 0 saturated carbocycles. The Balaban J connectivity index is 2.79. The molecule has 16 heavy (non-hydrogen) atoms. The van der Waals surface area contributed by atoms with Crippen LogP contribution in [-0.4, -0.2) is 23.7 Å². The van der Waals surface area contributed by atoms with E-state index in [4.69, 9.17) is 16.7 Å². The molecular weight excluding hydrogens is 224 g/mol. The maximum Gasteiger partial charge on any atom is 0.128 e. The fraction of sp³-hybridized carbons (Fsp3) is 0.583. The molecule has 0 aliphatic heterocycles. The number of aliphatic hydroxyl groups is 1. The van der Waals surface area contributed by atoms with E-state index in [0.29, 0.717) is 10.9 Å². The first kappa shape index (κ1) is 13.3. The van der Waals surface area contributed by atoms with Gasteiger partial charge in [0.15, 0.2) is 0 Å². The number of anilines is 1. The average Bonchev–Trinajstić information content (AvgIpc) is 2.29. The highest BCUT2D eigenvalue weighted by Crippen LogP contribution is 2.20. The molecule has 4 heteroatoms. The van der Waals surface area contributed by atoms with Gasteiger partial charge in [-0.25, -0.2) is 4.98 Å². The zero-order chi connectivity index (χ0) is 12.1. The second kappa shape index (κ2) is 6.06. The maximum absolute atomic E-state index is 9.12. The number of hydrogen-bond acceptors (Lipinski definition) is 3. The van der Waals surface area contributed by atoms with Gasteiger partial charge in [0.2, 0.25) is 0 Å². The van der Waals surface area contributed by atoms with Crippen LogP contribution in [0.3, 0.4) is 0 Å². The molecule has 0 bridgehead atoms. The van der Waals surface area contributed by atoms with E-state index >= 15 is 0 Å². The van der Waals surface area contributed by atoms with Gasteiger partial charge in [0.25, 0.3) is 0 Å². The molecule has 0 amide bonds. The van der Waals surface area contributed by atoms with Crippen molar-refractivity contribution in [2.45, 2.75) is 26.9 Å². The molecular formula is C12H19ClN2O. The lowest BCUT2D eigenvalue weighted by molar-refractivity contribution is 0.282. The normalized spacial score (nSPS) is 12.6. The number of aliphatic hydroxyl groups excluding tert-OH is 1. The van der Waals surface area contributed by atoms with Crippen molar-refractivity contribution in [2.24, 2.45) is 5.92 Å². The van der Waals surface area contributed by atoms with Crippen LogP contribution in [0.2, 0.25) is 5.02 Å². The van der Waals surface area contributed by atoms with Gasteiger partial charge < -0.3 is 10.0 Å². The van der Waals surface area contributed by atoms with Gasteiger partial charge in [-0.1, -0.05) is 31.9 Å². The SMILES string of the molecule is CCC(C)CN(C)c1cc(CO)c(Cl)cn1. The standard InChI is InChI=1S/C12H19ClN2O/c1-4-9(2)7-15(3)12-5-10(8-16)11(13)6-14-12/h5-6,9,16H,4,7-8H2,1-3H3. The second-order valence-corrected chi connectivity index (χ2v) is 4.59. The Bertz CT molecular complexity index is 344. The van der Waals surface area contributed by atoms with Crippen molar-refractivity contribution in [3.8, 4) is 0 Å². The second-order valence-electron chi connectivity index (χ2n) is 4.19. The van der Waals surface area contributed by atoms with Gasteiger partial charge in [-0.2, -0.15) is 0 Å². The Morgan fingerprint density at radius 1 is 1.56 bits per heavy atom. The first-order chi connectivity index (χ1) is 7.58. The zero-order valence-electron chi connectivity index (χ0n) is 10.1. The summed E-state index contributed by atoms with van der Waals surface area (Å²) in [6.45, 7) is 5.29. The van der Waals surface area contributed by atoms with Crippen molar-refractivity contribution in [2.75, 3.05) is 18.5 Å². The van der Waals surface area contributed by atoms with Gasteiger partial charge >= 0.3 is 0 Å². The van der Waals surface area contributed by atoms with Crippen LogP contribution in [0.1, 0.15) is 25.8 Å². The molecule has 1 aromatic rings. The van der Waals surface area contributed by atoms with E-state index in [1.54, 1.807) is 6.20 Å². The van der Waals surface area contributed by atoms with Crippen LogP contribution in [0.15, 0.2) is 12.3 Å². The van der Waals surface area contributed by atoms with E-state index in [1.807, 2.05) is 13.1 Å². The number of rotatable bonds is 5. The molecule has 1 heterocycles. The highest BCUT2D eigenvalue weighted by molar-refractivity contribution is 6.31. The number of hydrogen-bond donors (Lipinski definition) is 1. The first-order valence-corrected chi connectivity index (χ1v) is 5.92. The third-order valence-corrected chi connectivity index (χ3v) is 3.10. The van der Waals surface area contributed by atoms with Crippen molar-refractivity contribution in [3.05, 3.63) is 22.8 Å². The lowest BCUT2D eigenvalue weighted by atomic mass is 10.1. The highest BCUT2D eigenvalue weighted by atomic mass is 35.5. The molecule has 0 aromatic carbocycles. The lowest BCUT2D eigenvalue weighted by Gasteiger charge is -2.22. The molecule has 0 fully saturated rings. The van der Waals surface area contributed by atoms with E-state index in [1.165, 1.54) is 0 Å². The van der Waals surface area contributed by atoms with Crippen LogP contribution in [-0.2, 0) is 6.61 Å². The Morgan fingerprint density at radius 2 is 2.25 bits per heavy atom. The predicted molar refractivity (Wildman–Crippen MR) is 67.9 cm³/mol. The molecule has 90 valence electrons. The van der Waals surface area contributed by atoms with E-state index in [9.17, 15) is 0 Å². The van der Waals surface area contributed by atoms with Gasteiger partial charge in [0.1, 0.15) is 5.82 Å². The smallest absolute Gasteiger partial charge is 0.128 e. The number of halogens is 1. The number of aromatic nitrogens is 1. The first-order valence-electron chi connectivity index (χ1n) is 5.54. The van der Waals surface area contributed by atoms with Gasteiger partial charge in [-0.15, -0.1) is 0 Å². The fourth-order valence-corrected chi connectivity index (χ4v) is 1.65. The van der Waals surface area contributed by atoms with Crippen LogP contribution in [0.25, 0.3) is 0 Å². The molecule has 0 aliphatic carbocycles. The van der Waals surface area contributed by atoms with E-state index in [0.717, 1.165) is 24.3 Å². The lowest BCUT2D eigenvalue weighted by Crippen LogP contribution is -2.24. The monoisotopic (exact) mass is 242 g/mol. The summed E-state index contributed by atoms with van der Waals surface area (Å²) in [5.41, 5.74) is 0.725. The predicted octanol–water partition coefficient (Wildman–Crippen LogP) is 2.71. The summed E-state index contributed by atoms with van der Waals surface area (Å²) in [4.78, 5) is 6.34. The Kier molecular flexibility index (Phi) is 5.03. The Labute approximate surface area is 102 Å². The molecule has 1 aromatic heterocycles. The summed E-state index contributed by atoms with van der Waals surface area (Å²) >= 11 is 5.89. The minimum absolute atomic E-state index is 0.0501. The zero-order valence-corrected chi connectivity index (χ0v) is 10.8. The molecule has 0 aliphatic rings. The van der Waals surface area contributed by atoms with Gasteiger partial charge in [-0.3, -0.25) is 0 Å². The third kappa shape index (κ3) is 3.35. The van der Waals surface area contributed by atoms with Crippen LogP contribution in [0.4, 0.5) is 5.82 Å². The molecule has 1 rings (SSSR count). The summed E-state index contributed by atoms with van der Waals surface area (Å²) in [6.07, 6.45) is 2.74. The van der Waals surface area contributed by atoms with Crippen LogP contribution in [0.5, 0.6) is 0 Å². The minimum Gasteiger partial charge on any atom is -0.392 e. The quantitative estimate of drug-likeness (QED) is 0.863. The number of pyridine rings is 1. The number of nitrogens with zero attached hydrogens (tertiary/aromatic N) is 2. The summed E-state index contributed by atoms with van der Waals surface area (Å²) in [6, 6.07) is 1.84. The molecule has 0 saturated heterocycles. The maximum atomic E-state index is 9.12. The largest absolute Gasteiger partial charge is 0.392 e. The third-order valence-electron chi connectivity index (χ3n) is 2.76. The highest BCUT2D eigenvalue weighted by Gasteiger charge is 2.09. The molecule has 1 atom stereocenters. The Hall–Kier alpha value is -0.800. The van der Waals surface area contributed by atoms with Crippen molar-refractivity contribution >= 4 is 17.4 Å². The molecule has 0 spiro atoms. The van der Waals surface area contributed by atoms with Gasteiger partial charge in [0, 0.05) is 25.4 Å². The van der Waals surface area contributed by atoms with Crippen molar-refractivity contribution in [3.63, 3.8) is 0 Å². The molecule has 1 N–H and O–H groups in total. The molecule has 0 radical (unpaired) electrons. The average molecular weight is 243 g/mol. The van der Waals surface area contributed by atoms with E-state index < -0.39 is 0 Å². The van der Waals surface area contributed by atoms with Crippen LogP contribution >= 0.6 is 11.6 Å². The summed E-state index contributed by atoms with van der Waals surface area (Å²) in [7, 11) is 2.00. The van der Waals surface area contributed by atoms with Gasteiger partial charge in [0.05, 0.1) is 11.6 Å². The Morgan fingerprint density at radius 3 is 2.81 bits per heavy atom. The van der Waals surface area contributed by atoms with Crippen molar-refractivity contribution in [1.29, 1.82) is 0 Å². The molecule has 1 unspecified atom stereocenters.